The molecular formula is C9H7ClN4O. The molecule has 0 atom stereocenters. The summed E-state index contributed by atoms with van der Waals surface area (Å²) in [4.78, 5) is 11.6. The fourth-order valence-electron chi connectivity index (χ4n) is 1.05. The molecule has 15 heavy (non-hydrogen) atoms. The summed E-state index contributed by atoms with van der Waals surface area (Å²) in [7, 11) is 0. The second-order valence-corrected chi connectivity index (χ2v) is 3.25. The lowest BCUT2D eigenvalue weighted by molar-refractivity contribution is 0.102. The molecule has 0 aliphatic carbocycles. The van der Waals surface area contributed by atoms with Gasteiger partial charge in [-0.2, -0.15) is 10.3 Å². The number of benzene rings is 1. The van der Waals surface area contributed by atoms with E-state index in [1.165, 1.54) is 6.20 Å². The molecule has 0 saturated heterocycles. The average Bonchev–Trinajstić information content (AvgIpc) is 2.71. The number of anilines is 1. The van der Waals surface area contributed by atoms with Crippen LogP contribution in [0, 0.1) is 0 Å². The van der Waals surface area contributed by atoms with Crippen molar-refractivity contribution in [1.82, 2.24) is 15.4 Å². The number of carbonyl (C=O) groups is 1. The first-order chi connectivity index (χ1) is 7.25. The highest BCUT2D eigenvalue weighted by atomic mass is 35.5. The molecule has 1 heterocycles. The van der Waals surface area contributed by atoms with Gasteiger partial charge in [0.15, 0.2) is 5.82 Å². The zero-order valence-electron chi connectivity index (χ0n) is 7.57. The Hall–Kier alpha value is -1.88. The lowest BCUT2D eigenvalue weighted by Crippen LogP contribution is -2.11. The number of H-pyrrole nitrogens is 1. The Kier molecular flexibility index (Phi) is 2.64. The number of hydrogen-bond donors (Lipinski definition) is 2. The average molecular weight is 223 g/mol. The molecule has 0 aliphatic rings. The van der Waals surface area contributed by atoms with Crippen molar-refractivity contribution in [3.8, 4) is 0 Å². The van der Waals surface area contributed by atoms with Gasteiger partial charge in [0.05, 0.1) is 6.20 Å². The van der Waals surface area contributed by atoms with Crippen molar-refractivity contribution >= 4 is 23.3 Å². The van der Waals surface area contributed by atoms with E-state index < -0.39 is 0 Å². The van der Waals surface area contributed by atoms with Crippen LogP contribution in [0.25, 0.3) is 0 Å². The Morgan fingerprint density at radius 3 is 2.67 bits per heavy atom. The Morgan fingerprint density at radius 1 is 1.33 bits per heavy atom. The second-order valence-electron chi connectivity index (χ2n) is 2.82. The fraction of sp³-hybridized carbons (Fsp3) is 0. The van der Waals surface area contributed by atoms with E-state index in [0.717, 1.165) is 0 Å². The molecule has 6 heteroatoms. The topological polar surface area (TPSA) is 70.7 Å². The van der Waals surface area contributed by atoms with Crippen LogP contribution in [0.5, 0.6) is 0 Å². The summed E-state index contributed by atoms with van der Waals surface area (Å²) in [6, 6.07) is 6.58. The Balaban J connectivity index is 2.11. The van der Waals surface area contributed by atoms with Gasteiger partial charge in [-0.1, -0.05) is 11.6 Å². The summed E-state index contributed by atoms with van der Waals surface area (Å²) in [5, 5.41) is 12.8. The van der Waals surface area contributed by atoms with Gasteiger partial charge in [-0.3, -0.25) is 4.79 Å². The monoisotopic (exact) mass is 222 g/mol. The fourth-order valence-corrected chi connectivity index (χ4v) is 1.18. The quantitative estimate of drug-likeness (QED) is 0.813. The zero-order valence-corrected chi connectivity index (χ0v) is 8.32. The van der Waals surface area contributed by atoms with Crippen LogP contribution >= 0.6 is 11.6 Å². The highest BCUT2D eigenvalue weighted by Crippen LogP contribution is 2.10. The minimum absolute atomic E-state index is 0.249. The van der Waals surface area contributed by atoms with E-state index in [9.17, 15) is 4.79 Å². The minimum atomic E-state index is -0.249. The van der Waals surface area contributed by atoms with Crippen molar-refractivity contribution in [3.05, 3.63) is 41.0 Å². The zero-order chi connectivity index (χ0) is 10.7. The normalized spacial score (nSPS) is 9.93. The molecule has 0 radical (unpaired) electrons. The van der Waals surface area contributed by atoms with Gasteiger partial charge in [0.25, 0.3) is 5.91 Å². The Bertz CT molecular complexity index is 451. The molecule has 0 bridgehead atoms. The van der Waals surface area contributed by atoms with Crippen LogP contribution in [0.3, 0.4) is 0 Å². The molecule has 2 rings (SSSR count). The van der Waals surface area contributed by atoms with E-state index >= 15 is 0 Å². The predicted molar refractivity (Wildman–Crippen MR) is 55.8 cm³/mol. The summed E-state index contributed by atoms with van der Waals surface area (Å²) in [6.07, 6.45) is 1.42. The molecule has 0 fully saturated rings. The van der Waals surface area contributed by atoms with Crippen LogP contribution in [0.2, 0.25) is 5.02 Å². The lowest BCUT2D eigenvalue weighted by atomic mass is 10.2. The highest BCUT2D eigenvalue weighted by molar-refractivity contribution is 6.30. The Labute approximate surface area is 90.5 Å². The summed E-state index contributed by atoms with van der Waals surface area (Å²) in [5.41, 5.74) is 0.516. The molecule has 0 spiro atoms. The van der Waals surface area contributed by atoms with Gasteiger partial charge < -0.3 is 5.32 Å². The number of halogens is 1. The van der Waals surface area contributed by atoms with Crippen LogP contribution < -0.4 is 5.32 Å². The first kappa shape index (κ1) is 9.67. The number of nitrogens with one attached hydrogen (secondary N) is 2. The number of amides is 1. The molecule has 1 aromatic heterocycles. The van der Waals surface area contributed by atoms with Crippen LogP contribution in [0.1, 0.15) is 10.4 Å². The smallest absolute Gasteiger partial charge is 0.256 e. The number of hydrogen-bond acceptors (Lipinski definition) is 3. The predicted octanol–water partition coefficient (Wildman–Crippen LogP) is 1.71. The Morgan fingerprint density at radius 2 is 2.07 bits per heavy atom. The maximum atomic E-state index is 11.6. The van der Waals surface area contributed by atoms with Crippen LogP contribution in [0.15, 0.2) is 30.5 Å². The van der Waals surface area contributed by atoms with Crippen molar-refractivity contribution in [2.75, 3.05) is 5.32 Å². The minimum Gasteiger partial charge on any atom is -0.304 e. The van der Waals surface area contributed by atoms with Gasteiger partial charge in [-0.05, 0) is 24.3 Å². The van der Waals surface area contributed by atoms with Crippen LogP contribution in [-0.2, 0) is 0 Å². The summed E-state index contributed by atoms with van der Waals surface area (Å²) in [6.45, 7) is 0. The van der Waals surface area contributed by atoms with Gasteiger partial charge in [0.1, 0.15) is 0 Å². The molecule has 76 valence electrons. The third kappa shape index (κ3) is 2.32. The first-order valence-corrected chi connectivity index (χ1v) is 4.56. The maximum Gasteiger partial charge on any atom is 0.256 e. The number of aromatic nitrogens is 3. The molecule has 1 amide bonds. The molecule has 5 nitrogen and oxygen atoms in total. The van der Waals surface area contributed by atoms with Crippen LogP contribution in [0.4, 0.5) is 5.82 Å². The van der Waals surface area contributed by atoms with E-state index in [4.69, 9.17) is 11.6 Å². The number of aromatic amines is 1. The standard InChI is InChI=1S/C9H7ClN4O/c10-7-3-1-6(2-4-7)9(15)12-8-5-11-14-13-8/h1-5H,(H2,11,12,13,14,15). The number of rotatable bonds is 2. The van der Waals surface area contributed by atoms with Gasteiger partial charge >= 0.3 is 0 Å². The second kappa shape index (κ2) is 4.10. The van der Waals surface area contributed by atoms with E-state index in [0.29, 0.717) is 16.4 Å². The van der Waals surface area contributed by atoms with Crippen LogP contribution in [-0.4, -0.2) is 21.3 Å². The number of carbonyl (C=O) groups excluding carboxylic acids is 1. The summed E-state index contributed by atoms with van der Waals surface area (Å²) < 4.78 is 0. The maximum absolute atomic E-state index is 11.6. The molecular weight excluding hydrogens is 216 g/mol. The molecule has 2 aromatic rings. The van der Waals surface area contributed by atoms with Crippen molar-refractivity contribution < 1.29 is 4.79 Å². The van der Waals surface area contributed by atoms with E-state index in [1.807, 2.05) is 0 Å². The third-order valence-electron chi connectivity index (χ3n) is 1.76. The summed E-state index contributed by atoms with van der Waals surface area (Å²) in [5.74, 6) is 0.135. The van der Waals surface area contributed by atoms with Gasteiger partial charge in [0, 0.05) is 10.6 Å². The van der Waals surface area contributed by atoms with Crippen molar-refractivity contribution in [3.63, 3.8) is 0 Å². The molecule has 0 unspecified atom stereocenters. The highest BCUT2D eigenvalue weighted by Gasteiger charge is 2.06. The van der Waals surface area contributed by atoms with Crippen molar-refractivity contribution in [2.45, 2.75) is 0 Å². The summed E-state index contributed by atoms with van der Waals surface area (Å²) >= 11 is 5.70. The van der Waals surface area contributed by atoms with Gasteiger partial charge in [-0.15, -0.1) is 5.10 Å². The third-order valence-corrected chi connectivity index (χ3v) is 2.02. The van der Waals surface area contributed by atoms with Crippen molar-refractivity contribution in [1.29, 1.82) is 0 Å². The first-order valence-electron chi connectivity index (χ1n) is 4.18. The van der Waals surface area contributed by atoms with E-state index in [-0.39, 0.29) is 5.91 Å². The van der Waals surface area contributed by atoms with Crippen molar-refractivity contribution in [2.24, 2.45) is 0 Å². The lowest BCUT2D eigenvalue weighted by Gasteiger charge is -2.00. The SMILES string of the molecule is O=C(Nc1cn[nH]n1)c1ccc(Cl)cc1. The molecule has 2 N–H and O–H groups in total. The number of nitrogens with zero attached hydrogens (tertiary/aromatic N) is 2. The molecule has 0 aliphatic heterocycles. The van der Waals surface area contributed by atoms with E-state index in [1.54, 1.807) is 24.3 Å². The van der Waals surface area contributed by atoms with Gasteiger partial charge in [0.2, 0.25) is 0 Å². The van der Waals surface area contributed by atoms with E-state index in [2.05, 4.69) is 20.7 Å². The molecule has 0 saturated carbocycles. The van der Waals surface area contributed by atoms with Gasteiger partial charge in [-0.25, -0.2) is 0 Å². The largest absolute Gasteiger partial charge is 0.304 e. The molecule has 1 aromatic carbocycles.